The molecular formula is C73H48BrCl2N3. The maximum absolute atomic E-state index is 6.33. The average molecular weight is 1120 g/mol. The first kappa shape index (κ1) is 48.5. The third kappa shape index (κ3) is 8.89. The maximum Gasteiger partial charge on any atom is 0.0561 e. The van der Waals surface area contributed by atoms with Crippen molar-refractivity contribution in [3.8, 4) is 50.4 Å². The first-order chi connectivity index (χ1) is 38.9. The van der Waals surface area contributed by atoms with Gasteiger partial charge in [0.05, 0.1) is 33.1 Å². The molecule has 15 aromatic rings. The van der Waals surface area contributed by atoms with Gasteiger partial charge in [0.15, 0.2) is 0 Å². The summed E-state index contributed by atoms with van der Waals surface area (Å²) in [7, 11) is 0. The van der Waals surface area contributed by atoms with Crippen molar-refractivity contribution in [1.29, 1.82) is 0 Å². The molecule has 3 heterocycles. The molecule has 0 atom stereocenters. The van der Waals surface area contributed by atoms with E-state index in [-0.39, 0.29) is 0 Å². The van der Waals surface area contributed by atoms with Crippen molar-refractivity contribution in [2.24, 2.45) is 0 Å². The Labute approximate surface area is 476 Å². The summed E-state index contributed by atoms with van der Waals surface area (Å²) < 4.78 is 8.24. The van der Waals surface area contributed by atoms with Gasteiger partial charge in [-0.1, -0.05) is 215 Å². The highest BCUT2D eigenvalue weighted by molar-refractivity contribution is 9.10. The van der Waals surface area contributed by atoms with Crippen LogP contribution in [0, 0.1) is 0 Å². The zero-order valence-electron chi connectivity index (χ0n) is 42.7. The molecule has 376 valence electrons. The Hall–Kier alpha value is -8.90. The molecule has 16 rings (SSSR count). The van der Waals surface area contributed by atoms with Crippen molar-refractivity contribution in [3.63, 3.8) is 0 Å². The molecule has 0 radical (unpaired) electrons. The van der Waals surface area contributed by atoms with E-state index in [0.717, 1.165) is 49.0 Å². The van der Waals surface area contributed by atoms with E-state index in [1.54, 1.807) is 0 Å². The van der Waals surface area contributed by atoms with Crippen LogP contribution in [0.15, 0.2) is 284 Å². The van der Waals surface area contributed by atoms with Gasteiger partial charge in [0.1, 0.15) is 0 Å². The van der Waals surface area contributed by atoms with Gasteiger partial charge in [-0.25, -0.2) is 0 Å². The number of para-hydroxylation sites is 5. The summed E-state index contributed by atoms with van der Waals surface area (Å²) in [6, 6.07) is 98.7. The fourth-order valence-electron chi connectivity index (χ4n) is 11.9. The van der Waals surface area contributed by atoms with Crippen LogP contribution in [0.4, 0.5) is 0 Å². The molecular weight excluding hydrogens is 1070 g/mol. The van der Waals surface area contributed by atoms with Gasteiger partial charge in [-0.3, -0.25) is 0 Å². The lowest BCUT2D eigenvalue weighted by Crippen LogP contribution is -1.97. The Morgan fingerprint density at radius 1 is 0.266 bits per heavy atom. The molecule has 1 aliphatic rings. The third-order valence-corrected chi connectivity index (χ3v) is 16.3. The van der Waals surface area contributed by atoms with E-state index < -0.39 is 0 Å². The molecule has 6 heteroatoms. The van der Waals surface area contributed by atoms with Crippen molar-refractivity contribution in [3.05, 3.63) is 305 Å². The Morgan fingerprint density at radius 3 is 1.16 bits per heavy atom. The Kier molecular flexibility index (Phi) is 12.6. The fourth-order valence-corrected chi connectivity index (χ4v) is 12.7. The van der Waals surface area contributed by atoms with Gasteiger partial charge < -0.3 is 13.7 Å². The number of rotatable bonds is 5. The van der Waals surface area contributed by atoms with Crippen LogP contribution in [-0.4, -0.2) is 13.7 Å². The average Bonchev–Trinajstić information content (AvgIpc) is 4.41. The standard InChI is InChI=1S/C36H23ClN2.C25H17N.C12H8BrCl/c37-26-11-7-9-24(21-26)25-10-8-12-27(22-25)39-35-18-6-3-15-31(35)32-20-19-28(23-36(32)39)38-33-16-4-1-13-29(33)30-14-2-5-17-34(30)38;1-2-8-20-17(7-1)15-18-16-19(13-14-21(18)20)26-24-11-5-3-9-22(24)23-10-4-6-12-25(23)26;13-11-5-1-3-9(7-11)10-4-2-6-12(14)8-10/h1-23H;1-14,16H,15H2;1-8H. The van der Waals surface area contributed by atoms with Crippen molar-refractivity contribution >= 4 is 105 Å². The van der Waals surface area contributed by atoms with Crippen molar-refractivity contribution in [2.45, 2.75) is 6.42 Å². The van der Waals surface area contributed by atoms with E-state index in [9.17, 15) is 0 Å². The van der Waals surface area contributed by atoms with Crippen LogP contribution in [-0.2, 0) is 6.42 Å². The topological polar surface area (TPSA) is 14.8 Å². The predicted molar refractivity (Wildman–Crippen MR) is 339 cm³/mol. The summed E-state index contributed by atoms with van der Waals surface area (Å²) in [5.74, 6) is 0. The first-order valence-electron chi connectivity index (χ1n) is 26.5. The zero-order valence-corrected chi connectivity index (χ0v) is 45.8. The molecule has 0 amide bonds. The van der Waals surface area contributed by atoms with Crippen LogP contribution in [0.2, 0.25) is 10.0 Å². The summed E-state index contributed by atoms with van der Waals surface area (Å²) in [6.45, 7) is 0. The highest BCUT2D eigenvalue weighted by atomic mass is 79.9. The molecule has 0 unspecified atom stereocenters. The highest BCUT2D eigenvalue weighted by Crippen LogP contribution is 2.41. The molecule has 0 aliphatic heterocycles. The van der Waals surface area contributed by atoms with Crippen LogP contribution in [0.25, 0.3) is 116 Å². The first-order valence-corrected chi connectivity index (χ1v) is 28.1. The largest absolute Gasteiger partial charge is 0.309 e. The number of fused-ring (bicyclic) bond motifs is 12. The van der Waals surface area contributed by atoms with Gasteiger partial charge >= 0.3 is 0 Å². The lowest BCUT2D eigenvalue weighted by Gasteiger charge is -2.12. The number of halogens is 3. The smallest absolute Gasteiger partial charge is 0.0561 e. The fraction of sp³-hybridized carbons (Fsp3) is 0.0137. The Balaban J connectivity index is 0.000000121. The molecule has 3 nitrogen and oxygen atoms in total. The minimum Gasteiger partial charge on any atom is -0.309 e. The lowest BCUT2D eigenvalue weighted by atomic mass is 10.1. The van der Waals surface area contributed by atoms with Gasteiger partial charge in [-0.05, 0) is 154 Å². The summed E-state index contributed by atoms with van der Waals surface area (Å²) in [5.41, 5.74) is 21.0. The quantitative estimate of drug-likeness (QED) is 0.163. The van der Waals surface area contributed by atoms with Gasteiger partial charge in [-0.2, -0.15) is 0 Å². The Morgan fingerprint density at radius 2 is 0.646 bits per heavy atom. The molecule has 0 spiro atoms. The van der Waals surface area contributed by atoms with E-state index in [2.05, 4.69) is 254 Å². The minimum atomic E-state index is 0.741. The normalized spacial score (nSPS) is 11.7. The van der Waals surface area contributed by atoms with E-state index in [1.165, 1.54) is 98.9 Å². The van der Waals surface area contributed by atoms with E-state index in [4.69, 9.17) is 23.2 Å². The summed E-state index contributed by atoms with van der Waals surface area (Å²) >= 11 is 15.7. The molecule has 0 N–H and O–H groups in total. The summed E-state index contributed by atoms with van der Waals surface area (Å²) in [5, 5.41) is 9.15. The summed E-state index contributed by atoms with van der Waals surface area (Å²) in [6.07, 6.45) is 1.02. The van der Waals surface area contributed by atoms with Crippen LogP contribution in [0.1, 0.15) is 11.1 Å². The van der Waals surface area contributed by atoms with E-state index in [0.29, 0.717) is 0 Å². The van der Waals surface area contributed by atoms with Crippen LogP contribution < -0.4 is 0 Å². The number of nitrogens with zero attached hydrogens (tertiary/aromatic N) is 3. The van der Waals surface area contributed by atoms with Crippen LogP contribution >= 0.6 is 39.1 Å². The van der Waals surface area contributed by atoms with Crippen molar-refractivity contribution in [2.75, 3.05) is 0 Å². The zero-order chi connectivity index (χ0) is 53.0. The lowest BCUT2D eigenvalue weighted by molar-refractivity contribution is 1.15. The maximum atomic E-state index is 6.33. The SMILES string of the molecule is Clc1cccc(-c2cccc(-n3c4ccccc4c4ccc(-n5c6ccccc6c6ccccc65)cc43)c2)c1.Clc1cccc(-c2cccc(Br)c2)c1.c1ccc2c(c1)Cc1cc(-n3c4ccccc4c4ccccc43)ccc1-2. The Bertz CT molecular complexity index is 4680. The predicted octanol–water partition coefficient (Wildman–Crippen LogP) is 21.3. The van der Waals surface area contributed by atoms with Crippen molar-refractivity contribution in [1.82, 2.24) is 13.7 Å². The number of aromatic nitrogens is 3. The molecule has 0 saturated carbocycles. The number of benzene rings is 12. The minimum absolute atomic E-state index is 0.741. The van der Waals surface area contributed by atoms with Gasteiger partial charge in [-0.15, -0.1) is 0 Å². The van der Waals surface area contributed by atoms with Crippen LogP contribution in [0.3, 0.4) is 0 Å². The molecule has 12 aromatic carbocycles. The van der Waals surface area contributed by atoms with Crippen molar-refractivity contribution < 1.29 is 0 Å². The van der Waals surface area contributed by atoms with Gasteiger partial charge in [0, 0.05) is 63.9 Å². The monoisotopic (exact) mass is 1120 g/mol. The van der Waals surface area contributed by atoms with Gasteiger partial charge in [0.2, 0.25) is 0 Å². The molecule has 3 aromatic heterocycles. The molecule has 79 heavy (non-hydrogen) atoms. The highest BCUT2D eigenvalue weighted by Gasteiger charge is 2.21. The van der Waals surface area contributed by atoms with Gasteiger partial charge in [0.25, 0.3) is 0 Å². The summed E-state index contributed by atoms with van der Waals surface area (Å²) in [4.78, 5) is 0. The van der Waals surface area contributed by atoms with Crippen LogP contribution in [0.5, 0.6) is 0 Å². The second-order valence-electron chi connectivity index (χ2n) is 20.1. The van der Waals surface area contributed by atoms with E-state index in [1.807, 2.05) is 54.6 Å². The molecule has 1 aliphatic carbocycles. The molecule has 0 fully saturated rings. The van der Waals surface area contributed by atoms with E-state index >= 15 is 0 Å². The second kappa shape index (κ2) is 20.5. The second-order valence-corrected chi connectivity index (χ2v) is 21.8. The molecule has 0 saturated heterocycles. The number of hydrogen-bond donors (Lipinski definition) is 0. The third-order valence-electron chi connectivity index (χ3n) is 15.4. The number of hydrogen-bond acceptors (Lipinski definition) is 0. The molecule has 0 bridgehead atoms.